The van der Waals surface area contributed by atoms with Gasteiger partial charge in [-0.1, -0.05) is 13.8 Å². The quantitative estimate of drug-likeness (QED) is 0.534. The third kappa shape index (κ3) is 4.71. The van der Waals surface area contributed by atoms with E-state index in [0.717, 1.165) is 0 Å². The number of amides is 4. The number of rotatable bonds is 7. The van der Waals surface area contributed by atoms with E-state index < -0.39 is 30.3 Å². The Kier molecular flexibility index (Phi) is 6.33. The molecule has 0 fully saturated rings. The maximum Gasteiger partial charge on any atom is 0.338 e. The Morgan fingerprint density at radius 2 is 1.77 bits per heavy atom. The summed E-state index contributed by atoms with van der Waals surface area (Å²) in [6, 6.07) is 7.26. The van der Waals surface area contributed by atoms with Crippen LogP contribution in [0.4, 0.5) is 0 Å². The summed E-state index contributed by atoms with van der Waals surface area (Å²) in [6.07, 6.45) is 2.33. The topological polar surface area (TPSA) is 115 Å². The van der Waals surface area contributed by atoms with Gasteiger partial charge in [0.05, 0.1) is 16.7 Å². The molecule has 0 radical (unpaired) electrons. The van der Waals surface area contributed by atoms with Gasteiger partial charge >= 0.3 is 5.97 Å². The number of carbonyl (C=O) groups excluding carboxylic acids is 5. The number of nitrogens with one attached hydrogen (secondary N) is 1. The highest BCUT2D eigenvalue weighted by molar-refractivity contribution is 6.22. The lowest BCUT2D eigenvalue weighted by Crippen LogP contribution is -2.35. The minimum atomic E-state index is -0.842. The summed E-state index contributed by atoms with van der Waals surface area (Å²) in [4.78, 5) is 62.4. The minimum absolute atomic E-state index is 0.0344. The lowest BCUT2D eigenvalue weighted by molar-refractivity contribution is -0.123. The predicted molar refractivity (Wildman–Crippen MR) is 109 cm³/mol. The van der Waals surface area contributed by atoms with Gasteiger partial charge in [-0.2, -0.15) is 0 Å². The maximum absolute atomic E-state index is 12.6. The van der Waals surface area contributed by atoms with Crippen LogP contribution in [0.1, 0.15) is 61.8 Å². The first-order chi connectivity index (χ1) is 14.7. The monoisotopic (exact) mass is 425 g/mol. The van der Waals surface area contributed by atoms with E-state index in [1.54, 1.807) is 29.9 Å². The van der Waals surface area contributed by atoms with E-state index in [-0.39, 0.29) is 28.3 Å². The fourth-order valence-electron chi connectivity index (χ4n) is 3.15. The molecule has 1 aromatic carbocycles. The van der Waals surface area contributed by atoms with Gasteiger partial charge in [0.25, 0.3) is 23.6 Å². The fourth-order valence-corrected chi connectivity index (χ4v) is 3.15. The van der Waals surface area contributed by atoms with Gasteiger partial charge in [-0.3, -0.25) is 29.4 Å². The third-order valence-electron chi connectivity index (χ3n) is 4.90. The van der Waals surface area contributed by atoms with Crippen LogP contribution in [0.15, 0.2) is 36.5 Å². The number of hydrogen-bond acceptors (Lipinski definition) is 6. The first kappa shape index (κ1) is 21.9. The van der Waals surface area contributed by atoms with Crippen LogP contribution in [0.2, 0.25) is 0 Å². The Morgan fingerprint density at radius 3 is 2.42 bits per heavy atom. The van der Waals surface area contributed by atoms with Crippen molar-refractivity contribution in [2.75, 3.05) is 13.2 Å². The van der Waals surface area contributed by atoms with Crippen molar-refractivity contribution in [3.8, 4) is 0 Å². The second kappa shape index (κ2) is 8.95. The number of fused-ring (bicyclic) bond motifs is 1. The van der Waals surface area contributed by atoms with E-state index in [1.165, 1.54) is 23.1 Å². The molecular weight excluding hydrogens is 402 g/mol. The van der Waals surface area contributed by atoms with Crippen LogP contribution in [0, 0.1) is 5.92 Å². The van der Waals surface area contributed by atoms with Crippen LogP contribution in [0.25, 0.3) is 0 Å². The number of ether oxygens (including phenoxy) is 1. The van der Waals surface area contributed by atoms with Crippen LogP contribution in [-0.4, -0.2) is 52.2 Å². The molecule has 0 spiro atoms. The van der Waals surface area contributed by atoms with Crippen molar-refractivity contribution in [2.45, 2.75) is 20.3 Å². The summed E-state index contributed by atoms with van der Waals surface area (Å²) in [5.41, 5.74) is 0.679. The van der Waals surface area contributed by atoms with Crippen molar-refractivity contribution in [3.63, 3.8) is 0 Å². The van der Waals surface area contributed by atoms with E-state index in [0.29, 0.717) is 18.9 Å². The zero-order valence-electron chi connectivity index (χ0n) is 17.5. The minimum Gasteiger partial charge on any atom is -0.452 e. The van der Waals surface area contributed by atoms with Crippen molar-refractivity contribution in [3.05, 3.63) is 58.9 Å². The van der Waals surface area contributed by atoms with Gasteiger partial charge in [0.1, 0.15) is 5.69 Å². The molecule has 9 heteroatoms. The van der Waals surface area contributed by atoms with E-state index >= 15 is 0 Å². The highest BCUT2D eigenvalue weighted by atomic mass is 16.5. The molecule has 1 N–H and O–H groups in total. The normalized spacial score (nSPS) is 12.8. The molecule has 1 aliphatic heterocycles. The average molecular weight is 425 g/mol. The lowest BCUT2D eigenvalue weighted by Gasteiger charge is -2.14. The number of esters is 1. The van der Waals surface area contributed by atoms with Crippen LogP contribution >= 0.6 is 0 Å². The van der Waals surface area contributed by atoms with E-state index in [9.17, 15) is 24.0 Å². The second-order valence-corrected chi connectivity index (χ2v) is 7.66. The van der Waals surface area contributed by atoms with Gasteiger partial charge in [0, 0.05) is 19.8 Å². The van der Waals surface area contributed by atoms with Crippen LogP contribution < -0.4 is 5.32 Å². The fraction of sp³-hybridized carbons (Fsp3) is 0.318. The van der Waals surface area contributed by atoms with Gasteiger partial charge in [0.15, 0.2) is 6.61 Å². The highest BCUT2D eigenvalue weighted by Crippen LogP contribution is 2.25. The molecule has 0 saturated carbocycles. The van der Waals surface area contributed by atoms with Crippen molar-refractivity contribution >= 4 is 29.6 Å². The maximum atomic E-state index is 12.6. The van der Waals surface area contributed by atoms with E-state index in [1.807, 2.05) is 13.8 Å². The summed E-state index contributed by atoms with van der Waals surface area (Å²) in [5, 5.41) is 2.13. The summed E-state index contributed by atoms with van der Waals surface area (Å²) in [6.45, 7) is 3.63. The molecule has 0 atom stereocenters. The van der Waals surface area contributed by atoms with Gasteiger partial charge < -0.3 is 9.30 Å². The summed E-state index contributed by atoms with van der Waals surface area (Å²) < 4.78 is 6.49. The molecule has 0 unspecified atom stereocenters. The highest BCUT2D eigenvalue weighted by Gasteiger charge is 2.35. The molecule has 0 aliphatic carbocycles. The molecule has 0 bridgehead atoms. The Balaban J connectivity index is 1.61. The number of nitrogens with zero attached hydrogens (tertiary/aromatic N) is 2. The Labute approximate surface area is 179 Å². The van der Waals surface area contributed by atoms with Crippen molar-refractivity contribution in [1.82, 2.24) is 14.8 Å². The Bertz CT molecular complexity index is 1070. The number of aryl methyl sites for hydroxylation is 1. The standard InChI is InChI=1S/C22H23N3O6/c1-13(2)8-10-25-20(28)15-7-6-14(11-16(15)21(25)29)22(30)31-12-18(26)23-19(27)17-5-4-9-24(17)3/h4-7,9,11,13H,8,10,12H2,1-3H3,(H,23,26,27). The van der Waals surface area contributed by atoms with Crippen molar-refractivity contribution < 1.29 is 28.7 Å². The molecule has 162 valence electrons. The number of hydrogen-bond donors (Lipinski definition) is 1. The summed E-state index contributed by atoms with van der Waals surface area (Å²) in [7, 11) is 1.66. The zero-order chi connectivity index (χ0) is 22.7. The van der Waals surface area contributed by atoms with Crippen LogP contribution in [0.5, 0.6) is 0 Å². The molecule has 4 amide bonds. The molecule has 1 aliphatic rings. The van der Waals surface area contributed by atoms with Crippen molar-refractivity contribution in [1.29, 1.82) is 0 Å². The van der Waals surface area contributed by atoms with Crippen LogP contribution in [0.3, 0.4) is 0 Å². The molecule has 0 saturated heterocycles. The second-order valence-electron chi connectivity index (χ2n) is 7.66. The molecule has 2 aromatic rings. The Morgan fingerprint density at radius 1 is 1.06 bits per heavy atom. The van der Waals surface area contributed by atoms with Crippen LogP contribution in [-0.2, 0) is 16.6 Å². The molecule has 3 rings (SSSR count). The van der Waals surface area contributed by atoms with E-state index in [2.05, 4.69) is 5.32 Å². The summed E-state index contributed by atoms with van der Waals surface area (Å²) >= 11 is 0. The van der Waals surface area contributed by atoms with Gasteiger partial charge in [0.2, 0.25) is 0 Å². The van der Waals surface area contributed by atoms with Gasteiger partial charge in [-0.05, 0) is 42.7 Å². The van der Waals surface area contributed by atoms with E-state index in [4.69, 9.17) is 4.74 Å². The molecule has 1 aromatic heterocycles. The molecule has 9 nitrogen and oxygen atoms in total. The molecular formula is C22H23N3O6. The number of carbonyl (C=O) groups is 5. The third-order valence-corrected chi connectivity index (χ3v) is 4.90. The van der Waals surface area contributed by atoms with Gasteiger partial charge in [-0.25, -0.2) is 4.79 Å². The smallest absolute Gasteiger partial charge is 0.338 e. The average Bonchev–Trinajstić information content (AvgIpc) is 3.26. The SMILES string of the molecule is CC(C)CCN1C(=O)c2ccc(C(=O)OCC(=O)NC(=O)c3cccn3C)cc2C1=O. The molecule has 2 heterocycles. The first-order valence-electron chi connectivity index (χ1n) is 9.82. The largest absolute Gasteiger partial charge is 0.452 e. The van der Waals surface area contributed by atoms with Gasteiger partial charge in [-0.15, -0.1) is 0 Å². The Hall–Kier alpha value is -3.75. The summed E-state index contributed by atoms with van der Waals surface area (Å²) in [5.74, 6) is -2.76. The van der Waals surface area contributed by atoms with Crippen molar-refractivity contribution in [2.24, 2.45) is 13.0 Å². The number of benzene rings is 1. The molecule has 31 heavy (non-hydrogen) atoms. The number of imide groups is 2. The number of aromatic nitrogens is 1. The lowest BCUT2D eigenvalue weighted by atomic mass is 10.1. The predicted octanol–water partition coefficient (Wildman–Crippen LogP) is 1.78. The zero-order valence-corrected chi connectivity index (χ0v) is 17.5. The first-order valence-corrected chi connectivity index (χ1v) is 9.82.